The quantitative estimate of drug-likeness (QED) is 0.848. The fraction of sp³-hybridized carbons (Fsp3) is 0.933. The van der Waals surface area contributed by atoms with Gasteiger partial charge in [0.15, 0.2) is 0 Å². The van der Waals surface area contributed by atoms with Crippen molar-refractivity contribution in [1.29, 1.82) is 0 Å². The van der Waals surface area contributed by atoms with Crippen molar-refractivity contribution in [3.8, 4) is 0 Å². The second-order valence-electron chi connectivity index (χ2n) is 6.62. The van der Waals surface area contributed by atoms with Crippen LogP contribution in [0, 0.1) is 5.92 Å². The maximum Gasteiger partial charge on any atom is 0.410 e. The number of hydrogen-bond donors (Lipinski definition) is 1. The summed E-state index contributed by atoms with van der Waals surface area (Å²) in [5.74, 6) is 0.683. The minimum absolute atomic E-state index is 0.167. The minimum atomic E-state index is -0.399. The Labute approximate surface area is 128 Å². The summed E-state index contributed by atoms with van der Waals surface area (Å²) in [6.45, 7) is 11.7. The molecule has 1 aliphatic rings. The molecule has 1 fully saturated rings. The Morgan fingerprint density at radius 2 is 2.00 bits per heavy atom. The number of thioether (sulfide) groups is 1. The Hall–Kier alpha value is -0.420. The summed E-state index contributed by atoms with van der Waals surface area (Å²) < 4.78 is 5.41. The van der Waals surface area contributed by atoms with Gasteiger partial charge in [0.25, 0.3) is 0 Å². The normalized spacial score (nSPS) is 18.9. The first-order valence-electron chi connectivity index (χ1n) is 7.53. The number of carbonyl (C=O) groups is 1. The number of carbonyl (C=O) groups excluding carboxylic acids is 1. The van der Waals surface area contributed by atoms with Crippen LogP contribution in [0.3, 0.4) is 0 Å². The average molecular weight is 302 g/mol. The van der Waals surface area contributed by atoms with Crippen LogP contribution in [0.15, 0.2) is 0 Å². The van der Waals surface area contributed by atoms with Crippen molar-refractivity contribution < 1.29 is 9.53 Å². The molecule has 0 bridgehead atoms. The van der Waals surface area contributed by atoms with Gasteiger partial charge in [0, 0.05) is 24.9 Å². The standard InChI is InChI=1S/C15H30N2O2S/c1-12(20-5)10-16-11-13-6-8-17(9-7-13)14(18)19-15(2,3)4/h12-13,16H,6-11H2,1-5H3. The lowest BCUT2D eigenvalue weighted by atomic mass is 9.97. The average Bonchev–Trinajstić information content (AvgIpc) is 2.37. The van der Waals surface area contributed by atoms with Crippen LogP contribution < -0.4 is 5.32 Å². The van der Waals surface area contributed by atoms with Crippen molar-refractivity contribution in [3.63, 3.8) is 0 Å². The Bertz CT molecular complexity index is 297. The molecule has 0 aromatic heterocycles. The summed E-state index contributed by atoms with van der Waals surface area (Å²) in [6.07, 6.45) is 4.12. The lowest BCUT2D eigenvalue weighted by Gasteiger charge is -2.33. The van der Waals surface area contributed by atoms with Crippen molar-refractivity contribution in [1.82, 2.24) is 10.2 Å². The van der Waals surface area contributed by atoms with Crippen LogP contribution in [0.1, 0.15) is 40.5 Å². The fourth-order valence-corrected chi connectivity index (χ4v) is 2.50. The number of piperidine rings is 1. The van der Waals surface area contributed by atoms with Crippen LogP contribution in [0.25, 0.3) is 0 Å². The van der Waals surface area contributed by atoms with Crippen molar-refractivity contribution >= 4 is 17.9 Å². The zero-order chi connectivity index (χ0) is 15.2. The molecule has 0 saturated carbocycles. The molecule has 0 aromatic carbocycles. The van der Waals surface area contributed by atoms with E-state index in [0.717, 1.165) is 39.0 Å². The summed E-state index contributed by atoms with van der Waals surface area (Å²) >= 11 is 1.89. The van der Waals surface area contributed by atoms with E-state index < -0.39 is 5.60 Å². The number of hydrogen-bond acceptors (Lipinski definition) is 4. The Balaban J connectivity index is 2.21. The topological polar surface area (TPSA) is 41.6 Å². The number of rotatable bonds is 5. The highest BCUT2D eigenvalue weighted by atomic mass is 32.2. The highest BCUT2D eigenvalue weighted by molar-refractivity contribution is 7.99. The van der Waals surface area contributed by atoms with Crippen LogP contribution in [0.2, 0.25) is 0 Å². The van der Waals surface area contributed by atoms with Crippen molar-refractivity contribution in [3.05, 3.63) is 0 Å². The van der Waals surface area contributed by atoms with Gasteiger partial charge in [-0.15, -0.1) is 0 Å². The molecule has 5 heteroatoms. The van der Waals surface area contributed by atoms with Crippen LogP contribution in [0.5, 0.6) is 0 Å². The van der Waals surface area contributed by atoms with Crippen LogP contribution >= 0.6 is 11.8 Å². The van der Waals surface area contributed by atoms with E-state index in [-0.39, 0.29) is 6.09 Å². The van der Waals surface area contributed by atoms with E-state index in [9.17, 15) is 4.79 Å². The van der Waals surface area contributed by atoms with Crippen LogP contribution in [-0.4, -0.2) is 54.3 Å². The third-order valence-electron chi connectivity index (χ3n) is 3.53. The van der Waals surface area contributed by atoms with E-state index in [1.54, 1.807) is 0 Å². The molecule has 4 nitrogen and oxygen atoms in total. The van der Waals surface area contributed by atoms with Gasteiger partial charge in [-0.3, -0.25) is 0 Å². The molecular formula is C15H30N2O2S. The van der Waals surface area contributed by atoms with Gasteiger partial charge in [-0.1, -0.05) is 6.92 Å². The zero-order valence-electron chi connectivity index (χ0n) is 13.6. The number of ether oxygens (including phenoxy) is 1. The molecule has 0 spiro atoms. The van der Waals surface area contributed by atoms with E-state index in [2.05, 4.69) is 18.5 Å². The van der Waals surface area contributed by atoms with Crippen LogP contribution in [0.4, 0.5) is 4.79 Å². The molecule has 0 radical (unpaired) electrons. The van der Waals surface area contributed by atoms with Crippen molar-refractivity contribution in [2.24, 2.45) is 5.92 Å². The summed E-state index contributed by atoms with van der Waals surface area (Å²) in [5, 5.41) is 4.20. The summed E-state index contributed by atoms with van der Waals surface area (Å²) in [7, 11) is 0. The van der Waals surface area contributed by atoms with E-state index in [0.29, 0.717) is 11.2 Å². The summed E-state index contributed by atoms with van der Waals surface area (Å²) in [5.41, 5.74) is -0.399. The molecule has 1 amide bonds. The first-order chi connectivity index (χ1) is 9.31. The Kier molecular flexibility index (Phi) is 7.17. The fourth-order valence-electron chi connectivity index (χ4n) is 2.22. The lowest BCUT2D eigenvalue weighted by Crippen LogP contribution is -2.43. The van der Waals surface area contributed by atoms with E-state index in [1.165, 1.54) is 0 Å². The van der Waals surface area contributed by atoms with Gasteiger partial charge in [0.1, 0.15) is 5.60 Å². The van der Waals surface area contributed by atoms with E-state index >= 15 is 0 Å². The smallest absolute Gasteiger partial charge is 0.410 e. The molecule has 1 unspecified atom stereocenters. The first kappa shape index (κ1) is 17.6. The van der Waals surface area contributed by atoms with E-state index in [4.69, 9.17) is 4.74 Å². The monoisotopic (exact) mass is 302 g/mol. The maximum atomic E-state index is 11.9. The molecule has 1 N–H and O–H groups in total. The Morgan fingerprint density at radius 3 is 2.50 bits per heavy atom. The summed E-state index contributed by atoms with van der Waals surface area (Å²) in [6, 6.07) is 0. The molecular weight excluding hydrogens is 272 g/mol. The molecule has 20 heavy (non-hydrogen) atoms. The Morgan fingerprint density at radius 1 is 1.40 bits per heavy atom. The predicted octanol–water partition coefficient (Wildman–Crippen LogP) is 2.97. The van der Waals surface area contributed by atoms with Crippen molar-refractivity contribution in [2.75, 3.05) is 32.4 Å². The highest BCUT2D eigenvalue weighted by Gasteiger charge is 2.26. The molecule has 1 atom stereocenters. The molecule has 1 saturated heterocycles. The van der Waals surface area contributed by atoms with Gasteiger partial charge in [0.05, 0.1) is 0 Å². The number of nitrogens with zero attached hydrogens (tertiary/aromatic N) is 1. The largest absolute Gasteiger partial charge is 0.444 e. The molecule has 1 rings (SSSR count). The lowest BCUT2D eigenvalue weighted by molar-refractivity contribution is 0.0184. The second kappa shape index (κ2) is 8.13. The maximum absolute atomic E-state index is 11.9. The third kappa shape index (κ3) is 6.84. The van der Waals surface area contributed by atoms with Gasteiger partial charge in [-0.25, -0.2) is 4.79 Å². The van der Waals surface area contributed by atoms with Gasteiger partial charge in [0.2, 0.25) is 0 Å². The number of amides is 1. The van der Waals surface area contributed by atoms with Gasteiger partial charge in [-0.2, -0.15) is 11.8 Å². The van der Waals surface area contributed by atoms with E-state index in [1.807, 2.05) is 37.4 Å². The second-order valence-corrected chi connectivity index (χ2v) is 7.89. The van der Waals surface area contributed by atoms with Gasteiger partial charge in [-0.05, 0) is 52.3 Å². The zero-order valence-corrected chi connectivity index (χ0v) is 14.4. The number of nitrogens with one attached hydrogen (secondary N) is 1. The predicted molar refractivity (Wildman–Crippen MR) is 86.4 cm³/mol. The minimum Gasteiger partial charge on any atom is -0.444 e. The highest BCUT2D eigenvalue weighted by Crippen LogP contribution is 2.19. The molecule has 1 aliphatic heterocycles. The SMILES string of the molecule is CSC(C)CNCC1CCN(C(=O)OC(C)(C)C)CC1. The third-order valence-corrected chi connectivity index (χ3v) is 4.50. The molecule has 118 valence electrons. The first-order valence-corrected chi connectivity index (χ1v) is 8.82. The van der Waals surface area contributed by atoms with Crippen molar-refractivity contribution in [2.45, 2.75) is 51.4 Å². The summed E-state index contributed by atoms with van der Waals surface area (Å²) in [4.78, 5) is 13.8. The number of likely N-dealkylation sites (tertiary alicyclic amines) is 1. The van der Waals surface area contributed by atoms with Crippen LogP contribution in [-0.2, 0) is 4.74 Å². The molecule has 1 heterocycles. The van der Waals surface area contributed by atoms with Gasteiger partial charge < -0.3 is 15.0 Å². The molecule has 0 aliphatic carbocycles. The molecule has 0 aromatic rings. The van der Waals surface area contributed by atoms with Gasteiger partial charge >= 0.3 is 6.09 Å².